The molecule has 2 rings (SSSR count). The van der Waals surface area contributed by atoms with Crippen LogP contribution in [0.15, 0.2) is 24.3 Å². The summed E-state index contributed by atoms with van der Waals surface area (Å²) < 4.78 is 22.8. The molecular formula is C11H12N2O5S. The van der Waals surface area contributed by atoms with Gasteiger partial charge in [0, 0.05) is 6.54 Å². The first-order valence-electron chi connectivity index (χ1n) is 5.44. The molecule has 0 spiro atoms. The SMILES string of the molecule is CONS(=O)(=O)CCN1C(=O)c2ccccc2C1=O. The van der Waals surface area contributed by atoms with E-state index in [1.807, 2.05) is 4.89 Å². The van der Waals surface area contributed by atoms with E-state index in [1.54, 1.807) is 12.1 Å². The molecule has 19 heavy (non-hydrogen) atoms. The highest BCUT2D eigenvalue weighted by Gasteiger charge is 2.35. The lowest BCUT2D eigenvalue weighted by molar-refractivity contribution is 0.0663. The van der Waals surface area contributed by atoms with Gasteiger partial charge in [-0.15, -0.1) is 0 Å². The first kappa shape index (κ1) is 13.7. The van der Waals surface area contributed by atoms with Crippen molar-refractivity contribution in [3.63, 3.8) is 0 Å². The van der Waals surface area contributed by atoms with Crippen molar-refractivity contribution in [1.29, 1.82) is 0 Å². The fraction of sp³-hybridized carbons (Fsp3) is 0.273. The predicted octanol–water partition coefficient (Wildman–Crippen LogP) is -0.237. The van der Waals surface area contributed by atoms with E-state index in [0.29, 0.717) is 11.1 Å². The molecule has 1 aliphatic heterocycles. The largest absolute Gasteiger partial charge is 0.290 e. The number of fused-ring (bicyclic) bond motifs is 1. The van der Waals surface area contributed by atoms with Crippen LogP contribution < -0.4 is 4.89 Å². The number of benzene rings is 1. The number of carbonyl (C=O) groups excluding carboxylic acids is 2. The molecule has 1 aromatic carbocycles. The van der Waals surface area contributed by atoms with Gasteiger partial charge in [0.25, 0.3) is 11.8 Å². The standard InChI is InChI=1S/C11H12N2O5S/c1-18-12-19(16,17)7-6-13-10(14)8-4-2-3-5-9(8)11(13)15/h2-5,12H,6-7H2,1H3. The molecule has 1 heterocycles. The molecule has 0 aliphatic carbocycles. The zero-order chi connectivity index (χ0) is 14.0. The van der Waals surface area contributed by atoms with Gasteiger partial charge in [0.2, 0.25) is 10.0 Å². The Balaban J connectivity index is 2.13. The molecule has 102 valence electrons. The van der Waals surface area contributed by atoms with Crippen LogP contribution in [0.1, 0.15) is 20.7 Å². The molecule has 0 unspecified atom stereocenters. The van der Waals surface area contributed by atoms with E-state index in [2.05, 4.69) is 4.84 Å². The fourth-order valence-corrected chi connectivity index (χ4v) is 2.58. The summed E-state index contributed by atoms with van der Waals surface area (Å²) in [7, 11) is -2.51. The number of nitrogens with zero attached hydrogens (tertiary/aromatic N) is 1. The first-order chi connectivity index (χ1) is 8.96. The second-order valence-corrected chi connectivity index (χ2v) is 5.72. The lowest BCUT2D eigenvalue weighted by Crippen LogP contribution is -2.37. The number of amides is 2. The number of sulfonamides is 1. The Morgan fingerprint density at radius 2 is 1.68 bits per heavy atom. The Bertz CT molecular complexity index is 591. The van der Waals surface area contributed by atoms with E-state index in [0.717, 1.165) is 4.90 Å². The van der Waals surface area contributed by atoms with Gasteiger partial charge in [-0.25, -0.2) is 8.42 Å². The highest BCUT2D eigenvalue weighted by Crippen LogP contribution is 2.21. The van der Waals surface area contributed by atoms with E-state index in [1.165, 1.54) is 19.2 Å². The van der Waals surface area contributed by atoms with Crippen LogP contribution in [0.5, 0.6) is 0 Å². The first-order valence-corrected chi connectivity index (χ1v) is 7.09. The van der Waals surface area contributed by atoms with E-state index < -0.39 is 27.6 Å². The van der Waals surface area contributed by atoms with Crippen LogP contribution in [-0.4, -0.2) is 44.5 Å². The maximum atomic E-state index is 11.9. The van der Waals surface area contributed by atoms with Crippen molar-refractivity contribution in [2.75, 3.05) is 19.4 Å². The van der Waals surface area contributed by atoms with Gasteiger partial charge < -0.3 is 0 Å². The smallest absolute Gasteiger partial charge is 0.261 e. The third-order valence-corrected chi connectivity index (χ3v) is 3.81. The lowest BCUT2D eigenvalue weighted by atomic mass is 10.1. The number of carbonyl (C=O) groups is 2. The molecule has 0 bridgehead atoms. The average Bonchev–Trinajstić information content (AvgIpc) is 2.61. The number of hydrogen-bond acceptors (Lipinski definition) is 5. The number of rotatable bonds is 5. The van der Waals surface area contributed by atoms with Gasteiger partial charge in [0.1, 0.15) is 0 Å². The monoisotopic (exact) mass is 284 g/mol. The average molecular weight is 284 g/mol. The van der Waals surface area contributed by atoms with E-state index in [9.17, 15) is 18.0 Å². The summed E-state index contributed by atoms with van der Waals surface area (Å²) in [4.78, 5) is 30.9. The molecule has 0 fully saturated rings. The Morgan fingerprint density at radius 3 is 2.16 bits per heavy atom. The normalized spacial score (nSPS) is 14.9. The minimum atomic E-state index is -3.67. The highest BCUT2D eigenvalue weighted by molar-refractivity contribution is 7.89. The Kier molecular flexibility index (Phi) is 3.65. The minimum Gasteiger partial charge on any atom is -0.290 e. The van der Waals surface area contributed by atoms with Gasteiger partial charge in [-0.1, -0.05) is 17.0 Å². The van der Waals surface area contributed by atoms with Gasteiger partial charge in [0.05, 0.1) is 24.0 Å². The molecule has 1 N–H and O–H groups in total. The molecule has 7 nitrogen and oxygen atoms in total. The predicted molar refractivity (Wildman–Crippen MR) is 65.7 cm³/mol. The molecule has 2 amide bonds. The number of nitrogens with one attached hydrogen (secondary N) is 1. The Hall–Kier alpha value is -1.77. The quantitative estimate of drug-likeness (QED) is 0.595. The van der Waals surface area contributed by atoms with Gasteiger partial charge in [-0.2, -0.15) is 0 Å². The van der Waals surface area contributed by atoms with Crippen LogP contribution in [0.2, 0.25) is 0 Å². The van der Waals surface area contributed by atoms with Gasteiger partial charge in [-0.05, 0) is 12.1 Å². The summed E-state index contributed by atoms with van der Waals surface area (Å²) in [6.07, 6.45) is 0. The highest BCUT2D eigenvalue weighted by atomic mass is 32.2. The second-order valence-electron chi connectivity index (χ2n) is 3.91. The minimum absolute atomic E-state index is 0.217. The molecule has 0 atom stereocenters. The number of imide groups is 1. The fourth-order valence-electron chi connectivity index (χ4n) is 1.82. The van der Waals surface area contributed by atoms with Gasteiger partial charge in [-0.3, -0.25) is 19.3 Å². The molecule has 0 radical (unpaired) electrons. The van der Waals surface area contributed by atoms with Crippen molar-refractivity contribution < 1.29 is 22.8 Å². The molecule has 0 saturated carbocycles. The molecule has 0 saturated heterocycles. The summed E-state index contributed by atoms with van der Waals surface area (Å²) in [6.45, 7) is -0.217. The van der Waals surface area contributed by atoms with Crippen LogP contribution in [-0.2, 0) is 14.9 Å². The van der Waals surface area contributed by atoms with E-state index in [4.69, 9.17) is 0 Å². The Morgan fingerprint density at radius 1 is 1.16 bits per heavy atom. The molecule has 1 aromatic rings. The van der Waals surface area contributed by atoms with E-state index in [-0.39, 0.29) is 6.54 Å². The van der Waals surface area contributed by atoms with Crippen LogP contribution in [0.3, 0.4) is 0 Å². The van der Waals surface area contributed by atoms with Crippen molar-refractivity contribution >= 4 is 21.8 Å². The van der Waals surface area contributed by atoms with Crippen molar-refractivity contribution in [1.82, 2.24) is 9.79 Å². The molecule has 8 heteroatoms. The summed E-state index contributed by atoms with van der Waals surface area (Å²) in [5.74, 6) is -1.37. The second kappa shape index (κ2) is 5.08. The summed E-state index contributed by atoms with van der Waals surface area (Å²) in [5.41, 5.74) is 0.592. The Labute approximate surface area is 110 Å². The van der Waals surface area contributed by atoms with Crippen LogP contribution >= 0.6 is 0 Å². The van der Waals surface area contributed by atoms with Crippen LogP contribution in [0.4, 0.5) is 0 Å². The van der Waals surface area contributed by atoms with E-state index >= 15 is 0 Å². The zero-order valence-corrected chi connectivity index (χ0v) is 10.9. The molecule has 0 aromatic heterocycles. The maximum Gasteiger partial charge on any atom is 0.261 e. The lowest BCUT2D eigenvalue weighted by Gasteiger charge is -2.13. The maximum absolute atomic E-state index is 11.9. The summed E-state index contributed by atoms with van der Waals surface area (Å²) >= 11 is 0. The van der Waals surface area contributed by atoms with Crippen molar-refractivity contribution in [2.45, 2.75) is 0 Å². The van der Waals surface area contributed by atoms with Crippen LogP contribution in [0, 0.1) is 0 Å². The summed E-state index contributed by atoms with van der Waals surface area (Å²) in [6, 6.07) is 6.38. The van der Waals surface area contributed by atoms with Crippen molar-refractivity contribution in [2.24, 2.45) is 0 Å². The summed E-state index contributed by atoms with van der Waals surface area (Å²) in [5, 5.41) is 0. The third kappa shape index (κ3) is 2.65. The topological polar surface area (TPSA) is 92.8 Å². The van der Waals surface area contributed by atoms with Crippen molar-refractivity contribution in [3.8, 4) is 0 Å². The van der Waals surface area contributed by atoms with Crippen LogP contribution in [0.25, 0.3) is 0 Å². The molecule has 1 aliphatic rings. The zero-order valence-electron chi connectivity index (χ0n) is 10.1. The number of hydrogen-bond donors (Lipinski definition) is 1. The third-order valence-electron chi connectivity index (χ3n) is 2.67. The van der Waals surface area contributed by atoms with Gasteiger partial charge >= 0.3 is 0 Å². The molecular weight excluding hydrogens is 272 g/mol. The van der Waals surface area contributed by atoms with Gasteiger partial charge in [0.15, 0.2) is 0 Å². The van der Waals surface area contributed by atoms with Crippen molar-refractivity contribution in [3.05, 3.63) is 35.4 Å².